The van der Waals surface area contributed by atoms with Crippen LogP contribution in [0.4, 0.5) is 11.4 Å². The van der Waals surface area contributed by atoms with Crippen LogP contribution in [0.15, 0.2) is 16.6 Å². The van der Waals surface area contributed by atoms with Crippen molar-refractivity contribution in [3.63, 3.8) is 0 Å². The zero-order valence-corrected chi connectivity index (χ0v) is 12.1. The van der Waals surface area contributed by atoms with Crippen molar-refractivity contribution in [2.24, 2.45) is 0 Å². The zero-order valence-electron chi connectivity index (χ0n) is 10.5. The normalized spacial score (nSPS) is 10.9. The van der Waals surface area contributed by atoms with Crippen molar-refractivity contribution in [2.75, 3.05) is 17.7 Å². The number of aryl methyl sites for hydroxylation is 1. The Morgan fingerprint density at radius 3 is 2.38 bits per heavy atom. The number of nitrogens with two attached hydrogens (primary N) is 1. The third kappa shape index (κ3) is 2.70. The maximum absolute atomic E-state index is 5.88. The van der Waals surface area contributed by atoms with Gasteiger partial charge in [-0.1, -0.05) is 13.8 Å². The number of anilines is 2. The number of nitrogen functional groups attached to an aromatic ring is 1. The van der Waals surface area contributed by atoms with Gasteiger partial charge in [0.15, 0.2) is 0 Å². The van der Waals surface area contributed by atoms with Crippen molar-refractivity contribution in [2.45, 2.75) is 39.7 Å². The van der Waals surface area contributed by atoms with Gasteiger partial charge >= 0.3 is 0 Å². The van der Waals surface area contributed by atoms with Crippen molar-refractivity contribution in [3.8, 4) is 0 Å². The predicted molar refractivity (Wildman–Crippen MR) is 76.1 cm³/mol. The van der Waals surface area contributed by atoms with Crippen LogP contribution in [0.3, 0.4) is 0 Å². The molecule has 1 aromatic carbocycles. The molecular formula is C13H21BrN2. The van der Waals surface area contributed by atoms with E-state index in [1.807, 2.05) is 13.0 Å². The first-order valence-corrected chi connectivity index (χ1v) is 6.59. The Morgan fingerprint density at radius 2 is 1.88 bits per heavy atom. The topological polar surface area (TPSA) is 29.3 Å². The summed E-state index contributed by atoms with van der Waals surface area (Å²) in [5, 5.41) is 0. The summed E-state index contributed by atoms with van der Waals surface area (Å²) in [6, 6.07) is 4.72. The molecule has 3 heteroatoms. The minimum atomic E-state index is 0.583. The Balaban J connectivity index is 3.07. The van der Waals surface area contributed by atoms with Crippen LogP contribution < -0.4 is 10.6 Å². The fourth-order valence-corrected chi connectivity index (χ4v) is 2.63. The van der Waals surface area contributed by atoms with E-state index in [2.05, 4.69) is 47.8 Å². The Morgan fingerprint density at radius 1 is 1.31 bits per heavy atom. The third-order valence-electron chi connectivity index (χ3n) is 3.21. The number of hydrogen-bond donors (Lipinski definition) is 1. The summed E-state index contributed by atoms with van der Waals surface area (Å²) >= 11 is 3.59. The molecule has 0 bridgehead atoms. The molecule has 0 fully saturated rings. The highest BCUT2D eigenvalue weighted by atomic mass is 79.9. The molecule has 0 aliphatic heterocycles. The minimum Gasteiger partial charge on any atom is -0.398 e. The highest BCUT2D eigenvalue weighted by molar-refractivity contribution is 9.10. The second kappa shape index (κ2) is 5.58. The van der Waals surface area contributed by atoms with Crippen LogP contribution in [-0.2, 0) is 0 Å². The first kappa shape index (κ1) is 13.4. The Hall–Kier alpha value is -0.700. The maximum Gasteiger partial charge on any atom is 0.0514 e. The van der Waals surface area contributed by atoms with Gasteiger partial charge in [-0.15, -0.1) is 0 Å². The second-order valence-electron chi connectivity index (χ2n) is 4.24. The highest BCUT2D eigenvalue weighted by Gasteiger charge is 2.14. The number of halogens is 1. The molecule has 0 heterocycles. The first-order chi connectivity index (χ1) is 7.51. The summed E-state index contributed by atoms with van der Waals surface area (Å²) in [7, 11) is 2.15. The van der Waals surface area contributed by atoms with Crippen molar-refractivity contribution >= 4 is 27.3 Å². The number of rotatable bonds is 4. The van der Waals surface area contributed by atoms with Crippen LogP contribution in [-0.4, -0.2) is 13.1 Å². The van der Waals surface area contributed by atoms with E-state index in [1.165, 1.54) is 5.69 Å². The van der Waals surface area contributed by atoms with Gasteiger partial charge < -0.3 is 10.6 Å². The molecule has 0 unspecified atom stereocenters. The van der Waals surface area contributed by atoms with Gasteiger partial charge in [0.1, 0.15) is 0 Å². The molecule has 0 aliphatic carbocycles. The predicted octanol–water partition coefficient (Wildman–Crippen LogP) is 3.96. The van der Waals surface area contributed by atoms with Crippen molar-refractivity contribution in [3.05, 3.63) is 22.2 Å². The van der Waals surface area contributed by atoms with E-state index in [4.69, 9.17) is 5.73 Å². The van der Waals surface area contributed by atoms with Crippen LogP contribution in [0.1, 0.15) is 32.3 Å². The molecule has 90 valence electrons. The van der Waals surface area contributed by atoms with Crippen LogP contribution in [0.2, 0.25) is 0 Å². The number of nitrogens with zero attached hydrogens (tertiary/aromatic N) is 1. The van der Waals surface area contributed by atoms with E-state index in [9.17, 15) is 0 Å². The van der Waals surface area contributed by atoms with E-state index in [0.717, 1.165) is 28.6 Å². The minimum absolute atomic E-state index is 0.583. The molecule has 1 rings (SSSR count). The summed E-state index contributed by atoms with van der Waals surface area (Å²) in [6.07, 6.45) is 2.31. The molecule has 0 saturated heterocycles. The molecule has 0 atom stereocenters. The Labute approximate surface area is 107 Å². The van der Waals surface area contributed by atoms with Crippen LogP contribution in [0, 0.1) is 6.92 Å². The summed E-state index contributed by atoms with van der Waals surface area (Å²) < 4.78 is 1.07. The lowest BCUT2D eigenvalue weighted by atomic mass is 10.1. The van der Waals surface area contributed by atoms with E-state index in [-0.39, 0.29) is 0 Å². The van der Waals surface area contributed by atoms with Crippen LogP contribution in [0.5, 0.6) is 0 Å². The van der Waals surface area contributed by atoms with E-state index in [1.54, 1.807) is 0 Å². The molecule has 0 spiro atoms. The average Bonchev–Trinajstić information content (AvgIpc) is 2.25. The zero-order chi connectivity index (χ0) is 12.3. The monoisotopic (exact) mass is 284 g/mol. The van der Waals surface area contributed by atoms with Gasteiger partial charge in [-0.05, 0) is 53.4 Å². The molecule has 0 aromatic heterocycles. The number of hydrogen-bond acceptors (Lipinski definition) is 2. The summed E-state index contributed by atoms with van der Waals surface area (Å²) in [5.74, 6) is 0. The van der Waals surface area contributed by atoms with Gasteiger partial charge in [-0.2, -0.15) is 0 Å². The molecule has 1 aromatic rings. The van der Waals surface area contributed by atoms with Gasteiger partial charge in [-0.25, -0.2) is 0 Å². The van der Waals surface area contributed by atoms with Crippen molar-refractivity contribution < 1.29 is 0 Å². The largest absolute Gasteiger partial charge is 0.398 e. The smallest absolute Gasteiger partial charge is 0.0514 e. The van der Waals surface area contributed by atoms with Gasteiger partial charge in [0.25, 0.3) is 0 Å². The lowest BCUT2D eigenvalue weighted by Gasteiger charge is -2.29. The van der Waals surface area contributed by atoms with Gasteiger partial charge in [-0.3, -0.25) is 0 Å². The lowest BCUT2D eigenvalue weighted by molar-refractivity contribution is 0.591. The van der Waals surface area contributed by atoms with Gasteiger partial charge in [0, 0.05) is 23.2 Å². The summed E-state index contributed by atoms with van der Waals surface area (Å²) in [4.78, 5) is 2.33. The molecule has 0 aliphatic rings. The number of benzene rings is 1. The molecule has 0 radical (unpaired) electrons. The quantitative estimate of drug-likeness (QED) is 0.848. The average molecular weight is 285 g/mol. The highest BCUT2D eigenvalue weighted by Crippen LogP contribution is 2.32. The lowest BCUT2D eigenvalue weighted by Crippen LogP contribution is -2.30. The Bertz CT molecular complexity index is 359. The van der Waals surface area contributed by atoms with E-state index < -0.39 is 0 Å². The van der Waals surface area contributed by atoms with Crippen molar-refractivity contribution in [1.82, 2.24) is 0 Å². The van der Waals surface area contributed by atoms with E-state index in [0.29, 0.717) is 6.04 Å². The third-order valence-corrected chi connectivity index (χ3v) is 3.84. The molecule has 0 amide bonds. The van der Waals surface area contributed by atoms with Gasteiger partial charge in [0.05, 0.1) is 5.69 Å². The summed E-state index contributed by atoms with van der Waals surface area (Å²) in [6.45, 7) is 6.50. The maximum atomic E-state index is 5.88. The molecule has 0 saturated carbocycles. The SMILES string of the molecule is CCC(CC)N(C)c1cc(C)c(N)cc1Br. The van der Waals surface area contributed by atoms with Gasteiger partial charge in [0.2, 0.25) is 0 Å². The second-order valence-corrected chi connectivity index (χ2v) is 5.10. The van der Waals surface area contributed by atoms with Crippen LogP contribution in [0.25, 0.3) is 0 Å². The molecule has 2 N–H and O–H groups in total. The fourth-order valence-electron chi connectivity index (χ4n) is 1.99. The van der Waals surface area contributed by atoms with Crippen LogP contribution >= 0.6 is 15.9 Å². The fraction of sp³-hybridized carbons (Fsp3) is 0.538. The van der Waals surface area contributed by atoms with Crippen molar-refractivity contribution in [1.29, 1.82) is 0 Å². The molecule has 16 heavy (non-hydrogen) atoms. The standard InChI is InChI=1S/C13H21BrN2/c1-5-10(6-2)16(4)13-7-9(3)12(15)8-11(13)14/h7-8,10H,5-6,15H2,1-4H3. The Kier molecular flexibility index (Phi) is 4.66. The summed E-state index contributed by atoms with van der Waals surface area (Å²) in [5.41, 5.74) is 9.08. The molecular weight excluding hydrogens is 264 g/mol. The molecule has 2 nitrogen and oxygen atoms in total. The van der Waals surface area contributed by atoms with E-state index >= 15 is 0 Å². The first-order valence-electron chi connectivity index (χ1n) is 5.79.